The van der Waals surface area contributed by atoms with Crippen molar-refractivity contribution >= 4 is 19.3 Å². The quantitative estimate of drug-likeness (QED) is 0.450. The molecule has 0 N–H and O–H groups in total. The summed E-state index contributed by atoms with van der Waals surface area (Å²) in [5.74, 6) is 0. The fourth-order valence-corrected chi connectivity index (χ4v) is 0.401. The molecule has 0 radical (unpaired) electrons. The molecular weight excluding hydrogens is 80.5 g/mol. The molecular formula is C3H7BeCl. The van der Waals surface area contributed by atoms with Gasteiger partial charge in [-0.2, -0.15) is 0 Å². The van der Waals surface area contributed by atoms with Crippen LogP contribution in [0.3, 0.4) is 0 Å². The Morgan fingerprint density at radius 3 is 2.40 bits per heavy atom. The third kappa shape index (κ3) is 4.46. The van der Waals surface area contributed by atoms with E-state index in [2.05, 4.69) is 6.92 Å². The van der Waals surface area contributed by atoms with Gasteiger partial charge in [-0.3, -0.25) is 0 Å². The molecule has 0 spiro atoms. The normalized spacial score (nSPS) is 6.80. The predicted molar refractivity (Wildman–Crippen MR) is 26.7 cm³/mol. The number of halogens is 1. The van der Waals surface area contributed by atoms with E-state index in [9.17, 15) is 0 Å². The van der Waals surface area contributed by atoms with Crippen LogP contribution in [0, 0.1) is 0 Å². The molecule has 0 nitrogen and oxygen atoms in total. The molecule has 0 aromatic heterocycles. The fraction of sp³-hybridized carbons (Fsp3) is 1.00. The van der Waals surface area contributed by atoms with Crippen LogP contribution in [0.1, 0.15) is 13.3 Å². The Labute approximate surface area is 39.6 Å². The summed E-state index contributed by atoms with van der Waals surface area (Å²) < 4.78 is 0. The van der Waals surface area contributed by atoms with Crippen LogP contribution in [-0.4, -0.2) is 8.12 Å². The van der Waals surface area contributed by atoms with Gasteiger partial charge in [-0.05, 0) is 0 Å². The van der Waals surface area contributed by atoms with Crippen LogP contribution in [0.4, 0.5) is 0 Å². The third-order valence-corrected chi connectivity index (χ3v) is 0.754. The van der Waals surface area contributed by atoms with Crippen molar-refractivity contribution in [2.75, 3.05) is 0 Å². The minimum absolute atomic E-state index is 0.816. The van der Waals surface area contributed by atoms with Gasteiger partial charge in [-0.1, -0.05) is 0 Å². The molecule has 0 aliphatic rings. The zero-order valence-electron chi connectivity index (χ0n) is 3.50. The summed E-state index contributed by atoms with van der Waals surface area (Å²) in [5, 5.41) is 0. The summed E-state index contributed by atoms with van der Waals surface area (Å²) in [6, 6.07) is 0. The van der Waals surface area contributed by atoms with E-state index >= 15 is 0 Å². The Balaban J connectivity index is 2.19. The van der Waals surface area contributed by atoms with Crippen LogP contribution < -0.4 is 0 Å². The topological polar surface area (TPSA) is 0 Å². The van der Waals surface area contributed by atoms with Gasteiger partial charge in [-0.15, -0.1) is 0 Å². The first kappa shape index (κ1) is 5.46. The first-order valence-electron chi connectivity index (χ1n) is 1.97. The van der Waals surface area contributed by atoms with Crippen LogP contribution >= 0.6 is 11.2 Å². The number of hydrogen-bond acceptors (Lipinski definition) is 0. The number of rotatable bonds is 2. The van der Waals surface area contributed by atoms with Crippen LogP contribution in [0.2, 0.25) is 6.14 Å². The van der Waals surface area contributed by atoms with Gasteiger partial charge in [0.15, 0.2) is 0 Å². The molecule has 0 aromatic carbocycles. The average Bonchev–Trinajstić information content (AvgIpc) is 1.41. The fourth-order valence-electron chi connectivity index (χ4n) is 0.134. The molecule has 0 unspecified atom stereocenters. The van der Waals surface area contributed by atoms with Crippen LogP contribution in [0.5, 0.6) is 0 Å². The average molecular weight is 87.6 g/mol. The minimum atomic E-state index is 0.816. The third-order valence-electron chi connectivity index (χ3n) is 0.487. The van der Waals surface area contributed by atoms with Gasteiger partial charge in [0.2, 0.25) is 0 Å². The van der Waals surface area contributed by atoms with Gasteiger partial charge in [0.05, 0.1) is 0 Å². The summed E-state index contributed by atoms with van der Waals surface area (Å²) in [5.41, 5.74) is 0. The van der Waals surface area contributed by atoms with Crippen LogP contribution in [0.25, 0.3) is 0 Å². The van der Waals surface area contributed by atoms with E-state index in [4.69, 9.17) is 11.2 Å². The molecule has 0 bridgehead atoms. The predicted octanol–water partition coefficient (Wildman–Crippen LogP) is 1.67. The molecule has 0 amide bonds. The Bertz CT molecular complexity index is 14.4. The molecule has 0 aromatic rings. The van der Waals surface area contributed by atoms with Gasteiger partial charge >= 0.3 is 38.8 Å². The standard InChI is InChI=1S/C3H7.Be.ClH/c1-3-2;;/h1,3H2,2H3;;1H/q;+1;/p-1. The van der Waals surface area contributed by atoms with E-state index in [1.807, 2.05) is 0 Å². The van der Waals surface area contributed by atoms with Crippen molar-refractivity contribution in [1.29, 1.82) is 0 Å². The second-order valence-corrected chi connectivity index (χ2v) is 1.42. The van der Waals surface area contributed by atoms with Crippen LogP contribution in [0.15, 0.2) is 0 Å². The number of hydrogen-bond donors (Lipinski definition) is 0. The molecule has 2 heteroatoms. The maximum atomic E-state index is 5.30. The van der Waals surface area contributed by atoms with Gasteiger partial charge in [0.25, 0.3) is 0 Å². The molecule has 0 rings (SSSR count). The summed E-state index contributed by atoms with van der Waals surface area (Å²) in [6.07, 6.45) is 2.37. The molecule has 28 valence electrons. The maximum absolute atomic E-state index is 5.30. The van der Waals surface area contributed by atoms with E-state index in [0.717, 1.165) is 14.3 Å². The Morgan fingerprint density at radius 1 is 1.80 bits per heavy atom. The monoisotopic (exact) mass is 87.0 g/mol. The summed E-state index contributed by atoms with van der Waals surface area (Å²) in [6.45, 7) is 2.13. The van der Waals surface area contributed by atoms with E-state index in [-0.39, 0.29) is 0 Å². The van der Waals surface area contributed by atoms with Gasteiger partial charge in [0, 0.05) is 0 Å². The molecule has 0 atom stereocenters. The Kier molecular flexibility index (Phi) is 4.87. The molecule has 5 heavy (non-hydrogen) atoms. The van der Waals surface area contributed by atoms with Gasteiger partial charge in [0.1, 0.15) is 0 Å². The summed E-state index contributed by atoms with van der Waals surface area (Å²) >= 11 is 5.30. The first-order chi connectivity index (χ1) is 2.41. The molecule has 0 fully saturated rings. The second-order valence-electron chi connectivity index (χ2n) is 1.04. The van der Waals surface area contributed by atoms with Gasteiger partial charge in [-0.25, -0.2) is 0 Å². The van der Waals surface area contributed by atoms with E-state index in [1.54, 1.807) is 0 Å². The molecule has 0 saturated carbocycles. The summed E-state index contributed by atoms with van der Waals surface area (Å²) in [7, 11) is 0.816. The van der Waals surface area contributed by atoms with E-state index in [0.29, 0.717) is 0 Å². The summed E-state index contributed by atoms with van der Waals surface area (Å²) in [4.78, 5) is 0. The molecule has 0 saturated heterocycles. The molecule has 0 heterocycles. The Hall–Kier alpha value is 0.459. The first-order valence-corrected chi connectivity index (χ1v) is 2.51. The van der Waals surface area contributed by atoms with Crippen molar-refractivity contribution in [2.45, 2.75) is 19.5 Å². The van der Waals surface area contributed by atoms with Crippen molar-refractivity contribution < 1.29 is 0 Å². The van der Waals surface area contributed by atoms with Gasteiger partial charge < -0.3 is 0 Å². The van der Waals surface area contributed by atoms with Crippen molar-refractivity contribution in [3.05, 3.63) is 0 Å². The SMILES string of the molecule is CC[CH2][Be][Cl]. The zero-order chi connectivity index (χ0) is 4.12. The molecule has 0 aliphatic carbocycles. The van der Waals surface area contributed by atoms with Crippen molar-refractivity contribution in [3.63, 3.8) is 0 Å². The van der Waals surface area contributed by atoms with E-state index in [1.165, 1.54) is 6.42 Å². The molecule has 0 aliphatic heterocycles. The Morgan fingerprint density at radius 2 is 2.40 bits per heavy atom. The van der Waals surface area contributed by atoms with Crippen molar-refractivity contribution in [1.82, 2.24) is 0 Å². The van der Waals surface area contributed by atoms with Crippen molar-refractivity contribution in [3.8, 4) is 0 Å². The van der Waals surface area contributed by atoms with E-state index < -0.39 is 0 Å². The second kappa shape index (κ2) is 4.46. The zero-order valence-corrected chi connectivity index (χ0v) is 4.26. The van der Waals surface area contributed by atoms with Crippen LogP contribution in [-0.2, 0) is 0 Å². The van der Waals surface area contributed by atoms with Crippen molar-refractivity contribution in [2.24, 2.45) is 0 Å².